The molecule has 3 aromatic rings. The van der Waals surface area contributed by atoms with Gasteiger partial charge in [-0.05, 0) is 30.2 Å². The second-order valence-electron chi connectivity index (χ2n) is 7.74. The number of benzene rings is 2. The van der Waals surface area contributed by atoms with E-state index < -0.39 is 10.0 Å². The van der Waals surface area contributed by atoms with Crippen molar-refractivity contribution in [3.05, 3.63) is 75.7 Å². The van der Waals surface area contributed by atoms with Gasteiger partial charge < -0.3 is 5.32 Å². The summed E-state index contributed by atoms with van der Waals surface area (Å²) >= 11 is 0. The zero-order valence-electron chi connectivity index (χ0n) is 17.8. The molecular formula is C22H26N4O4S. The lowest BCUT2D eigenvalue weighted by Gasteiger charge is -2.13. The van der Waals surface area contributed by atoms with Gasteiger partial charge in [-0.15, -0.1) is 0 Å². The number of sulfonamides is 1. The molecule has 3 rings (SSSR count). The third kappa shape index (κ3) is 5.56. The Kier molecular flexibility index (Phi) is 6.87. The van der Waals surface area contributed by atoms with Crippen LogP contribution in [-0.2, 0) is 28.9 Å². The summed E-state index contributed by atoms with van der Waals surface area (Å²) in [4.78, 5) is 25.6. The van der Waals surface area contributed by atoms with Crippen LogP contribution in [0.25, 0.3) is 10.8 Å². The maximum Gasteiger partial charge on any atom is 0.274 e. The van der Waals surface area contributed by atoms with E-state index in [1.807, 2.05) is 13.8 Å². The van der Waals surface area contributed by atoms with E-state index in [4.69, 9.17) is 0 Å². The van der Waals surface area contributed by atoms with Gasteiger partial charge in [-0.1, -0.05) is 56.3 Å². The van der Waals surface area contributed by atoms with E-state index in [0.29, 0.717) is 22.9 Å². The Bertz CT molecular complexity index is 1250. The summed E-state index contributed by atoms with van der Waals surface area (Å²) in [5, 5.41) is 8.14. The Hall–Kier alpha value is -3.04. The van der Waals surface area contributed by atoms with Crippen LogP contribution >= 0.6 is 0 Å². The number of carbonyl (C=O) groups is 1. The number of rotatable bonds is 8. The summed E-state index contributed by atoms with van der Waals surface area (Å²) in [5.41, 5.74) is 1.46. The molecule has 0 saturated carbocycles. The van der Waals surface area contributed by atoms with Crippen molar-refractivity contribution >= 4 is 26.7 Å². The van der Waals surface area contributed by atoms with E-state index >= 15 is 0 Å². The van der Waals surface area contributed by atoms with E-state index in [9.17, 15) is 18.0 Å². The van der Waals surface area contributed by atoms with Crippen molar-refractivity contribution in [2.45, 2.75) is 32.7 Å². The van der Waals surface area contributed by atoms with Crippen molar-refractivity contribution < 1.29 is 13.2 Å². The molecule has 0 atom stereocenters. The second-order valence-corrected chi connectivity index (χ2v) is 9.66. The first kappa shape index (κ1) is 22.6. The molecule has 31 heavy (non-hydrogen) atoms. The summed E-state index contributed by atoms with van der Waals surface area (Å²) in [6.07, 6.45) is 0. The molecule has 1 amide bonds. The molecule has 0 aliphatic heterocycles. The van der Waals surface area contributed by atoms with Gasteiger partial charge in [0.05, 0.1) is 11.1 Å². The third-order valence-corrected chi connectivity index (χ3v) is 6.10. The highest BCUT2D eigenvalue weighted by atomic mass is 32.2. The van der Waals surface area contributed by atoms with Gasteiger partial charge in [0.25, 0.3) is 11.5 Å². The summed E-state index contributed by atoms with van der Waals surface area (Å²) in [6.45, 7) is 4.63. The van der Waals surface area contributed by atoms with Crippen molar-refractivity contribution in [1.29, 1.82) is 0 Å². The molecule has 2 aromatic carbocycles. The molecule has 0 unspecified atom stereocenters. The number of hydrogen-bond donors (Lipinski definition) is 2. The van der Waals surface area contributed by atoms with Gasteiger partial charge in [-0.3, -0.25) is 9.59 Å². The Balaban J connectivity index is 1.80. The van der Waals surface area contributed by atoms with Crippen molar-refractivity contribution in [3.8, 4) is 0 Å². The van der Waals surface area contributed by atoms with Crippen LogP contribution in [0.4, 0.5) is 0 Å². The molecule has 0 aliphatic rings. The Morgan fingerprint density at radius 1 is 1.03 bits per heavy atom. The molecule has 1 aromatic heterocycles. The molecule has 9 heteroatoms. The molecule has 1 heterocycles. The van der Waals surface area contributed by atoms with Crippen molar-refractivity contribution in [2.75, 3.05) is 7.05 Å². The molecule has 0 bridgehead atoms. The quantitative estimate of drug-likeness (QED) is 0.555. The van der Waals surface area contributed by atoms with Gasteiger partial charge in [0.15, 0.2) is 5.69 Å². The maximum atomic E-state index is 12.9. The lowest BCUT2D eigenvalue weighted by Crippen LogP contribution is -2.31. The Morgan fingerprint density at radius 2 is 1.65 bits per heavy atom. The van der Waals surface area contributed by atoms with Gasteiger partial charge in [0, 0.05) is 18.5 Å². The van der Waals surface area contributed by atoms with Crippen LogP contribution in [0.3, 0.4) is 0 Å². The Labute approximate surface area is 181 Å². The van der Waals surface area contributed by atoms with E-state index in [-0.39, 0.29) is 35.4 Å². The number of fused-ring (bicyclic) bond motifs is 1. The molecule has 0 saturated heterocycles. The van der Waals surface area contributed by atoms with Crippen LogP contribution in [0.5, 0.6) is 0 Å². The highest BCUT2D eigenvalue weighted by Crippen LogP contribution is 2.14. The van der Waals surface area contributed by atoms with Crippen LogP contribution in [0.1, 0.15) is 35.5 Å². The fourth-order valence-electron chi connectivity index (χ4n) is 3.18. The first-order valence-electron chi connectivity index (χ1n) is 9.97. The van der Waals surface area contributed by atoms with E-state index in [2.05, 4.69) is 15.1 Å². The van der Waals surface area contributed by atoms with Gasteiger partial charge in [-0.2, -0.15) is 5.10 Å². The zero-order chi connectivity index (χ0) is 22.6. The fourth-order valence-corrected chi connectivity index (χ4v) is 3.96. The largest absolute Gasteiger partial charge is 0.347 e. The highest BCUT2D eigenvalue weighted by Gasteiger charge is 2.17. The topological polar surface area (TPSA) is 110 Å². The average Bonchev–Trinajstić information content (AvgIpc) is 2.74. The van der Waals surface area contributed by atoms with Crippen LogP contribution in [0.2, 0.25) is 0 Å². The zero-order valence-corrected chi connectivity index (χ0v) is 18.6. The molecular weight excluding hydrogens is 416 g/mol. The molecule has 0 fully saturated rings. The standard InChI is InChI=1S/C22H26N4O4S/c1-15(2)13-26-22(28)19-7-5-4-6-18(19)20(25-26)21(27)24-12-16-8-10-17(11-9-16)14-31(29,30)23-3/h4-11,15,23H,12-14H2,1-3H3,(H,24,27). The van der Waals surface area contributed by atoms with Gasteiger partial charge >= 0.3 is 0 Å². The van der Waals surface area contributed by atoms with Crippen molar-refractivity contribution in [1.82, 2.24) is 19.8 Å². The van der Waals surface area contributed by atoms with Crippen LogP contribution in [0, 0.1) is 5.92 Å². The van der Waals surface area contributed by atoms with Gasteiger partial charge in [-0.25, -0.2) is 17.8 Å². The number of aromatic nitrogens is 2. The Morgan fingerprint density at radius 3 is 2.26 bits per heavy atom. The molecule has 0 spiro atoms. The van der Waals surface area contributed by atoms with Gasteiger partial charge in [0.2, 0.25) is 10.0 Å². The average molecular weight is 443 g/mol. The minimum absolute atomic E-state index is 0.108. The first-order chi connectivity index (χ1) is 14.7. The molecule has 0 aliphatic carbocycles. The lowest BCUT2D eigenvalue weighted by molar-refractivity contribution is 0.0945. The van der Waals surface area contributed by atoms with E-state index in [1.54, 1.807) is 48.5 Å². The summed E-state index contributed by atoms with van der Waals surface area (Å²) in [6, 6.07) is 13.9. The molecule has 0 radical (unpaired) electrons. The second kappa shape index (κ2) is 9.40. The minimum atomic E-state index is -3.34. The number of nitrogens with one attached hydrogen (secondary N) is 2. The lowest BCUT2D eigenvalue weighted by atomic mass is 10.1. The molecule has 2 N–H and O–H groups in total. The SMILES string of the molecule is CNS(=O)(=O)Cc1ccc(CNC(=O)c2nn(CC(C)C)c(=O)c3ccccc23)cc1. The monoisotopic (exact) mass is 442 g/mol. The molecule has 8 nitrogen and oxygen atoms in total. The van der Waals surface area contributed by atoms with Crippen LogP contribution in [-0.4, -0.2) is 31.2 Å². The minimum Gasteiger partial charge on any atom is -0.347 e. The predicted molar refractivity (Wildman–Crippen MR) is 120 cm³/mol. The van der Waals surface area contributed by atoms with Crippen LogP contribution in [0.15, 0.2) is 53.3 Å². The fraction of sp³-hybridized carbons (Fsp3) is 0.318. The normalized spacial score (nSPS) is 11.7. The first-order valence-corrected chi connectivity index (χ1v) is 11.6. The number of carbonyl (C=O) groups excluding carboxylic acids is 1. The number of hydrogen-bond acceptors (Lipinski definition) is 5. The number of nitrogens with zero attached hydrogens (tertiary/aromatic N) is 2. The maximum absolute atomic E-state index is 12.9. The molecule has 164 valence electrons. The van der Waals surface area contributed by atoms with Crippen LogP contribution < -0.4 is 15.6 Å². The summed E-state index contributed by atoms with van der Waals surface area (Å²) < 4.78 is 26.9. The number of amides is 1. The van der Waals surface area contributed by atoms with Crippen molar-refractivity contribution in [3.63, 3.8) is 0 Å². The third-order valence-electron chi connectivity index (χ3n) is 4.76. The van der Waals surface area contributed by atoms with E-state index in [0.717, 1.165) is 5.56 Å². The summed E-state index contributed by atoms with van der Waals surface area (Å²) in [5.74, 6) is -0.285. The predicted octanol–water partition coefficient (Wildman–Crippen LogP) is 2.03. The smallest absolute Gasteiger partial charge is 0.274 e. The summed E-state index contributed by atoms with van der Waals surface area (Å²) in [7, 11) is -1.96. The van der Waals surface area contributed by atoms with E-state index in [1.165, 1.54) is 11.7 Å². The highest BCUT2D eigenvalue weighted by molar-refractivity contribution is 7.88. The van der Waals surface area contributed by atoms with Crippen molar-refractivity contribution in [2.24, 2.45) is 5.92 Å². The van der Waals surface area contributed by atoms with Gasteiger partial charge in [0.1, 0.15) is 0 Å².